The number of aromatic nitrogens is 1. The van der Waals surface area contributed by atoms with E-state index in [9.17, 15) is 9.59 Å². The van der Waals surface area contributed by atoms with Crippen LogP contribution < -0.4 is 22.1 Å². The molecule has 4 aromatic rings. The first-order chi connectivity index (χ1) is 16.9. The predicted molar refractivity (Wildman–Crippen MR) is 140 cm³/mol. The Morgan fingerprint density at radius 2 is 1.83 bits per heavy atom. The minimum absolute atomic E-state index is 0.0219. The summed E-state index contributed by atoms with van der Waals surface area (Å²) >= 11 is 1.16. The number of hydrogen-bond donors (Lipinski definition) is 4. The first-order valence-electron chi connectivity index (χ1n) is 11.4. The zero-order valence-corrected chi connectivity index (χ0v) is 19.8. The van der Waals surface area contributed by atoms with Crippen LogP contribution in [0, 0.1) is 0 Å². The van der Waals surface area contributed by atoms with Crippen LogP contribution in [0.25, 0.3) is 10.8 Å². The number of amides is 2. The number of carbonyl (C=O) groups is 2. The van der Waals surface area contributed by atoms with Gasteiger partial charge in [0.05, 0.1) is 0 Å². The summed E-state index contributed by atoms with van der Waals surface area (Å²) in [5, 5.41) is 8.96. The average molecular weight is 487 g/mol. The fourth-order valence-corrected chi connectivity index (χ4v) is 5.10. The number of primary amides is 1. The second kappa shape index (κ2) is 9.83. The van der Waals surface area contributed by atoms with Crippen LogP contribution in [-0.2, 0) is 6.54 Å². The SMILES string of the molecule is NC(=O)c1nc(Nc2ccc3ccccc3c2)sc1NC(=O)c1ccc(CN2CCC(N)C2)cc1. The molecule has 1 aliphatic heterocycles. The highest BCUT2D eigenvalue weighted by molar-refractivity contribution is 7.20. The van der Waals surface area contributed by atoms with E-state index in [2.05, 4.69) is 20.5 Å². The molecule has 9 heteroatoms. The molecule has 5 rings (SSSR count). The first-order valence-corrected chi connectivity index (χ1v) is 12.2. The number of hydrogen-bond acceptors (Lipinski definition) is 7. The average Bonchev–Trinajstić information content (AvgIpc) is 3.45. The first kappa shape index (κ1) is 23.0. The molecule has 1 saturated heterocycles. The number of fused-ring (bicyclic) bond motifs is 1. The fourth-order valence-electron chi connectivity index (χ4n) is 4.22. The molecule has 2 amide bonds. The Kier molecular flexibility index (Phi) is 6.45. The van der Waals surface area contributed by atoms with Crippen LogP contribution in [0.1, 0.15) is 32.8 Å². The van der Waals surface area contributed by atoms with Gasteiger partial charge in [0.1, 0.15) is 5.00 Å². The maximum absolute atomic E-state index is 12.9. The molecule has 1 atom stereocenters. The van der Waals surface area contributed by atoms with E-state index in [1.807, 2.05) is 54.6 Å². The van der Waals surface area contributed by atoms with Crippen molar-refractivity contribution in [2.24, 2.45) is 11.5 Å². The third kappa shape index (κ3) is 5.32. The van der Waals surface area contributed by atoms with Gasteiger partial charge in [-0.3, -0.25) is 14.5 Å². The van der Waals surface area contributed by atoms with Gasteiger partial charge >= 0.3 is 0 Å². The molecular formula is C26H26N6O2S. The molecule has 6 N–H and O–H groups in total. The topological polar surface area (TPSA) is 126 Å². The molecule has 0 spiro atoms. The van der Waals surface area contributed by atoms with Crippen molar-refractivity contribution >= 4 is 49.7 Å². The van der Waals surface area contributed by atoms with Crippen molar-refractivity contribution < 1.29 is 9.59 Å². The zero-order chi connectivity index (χ0) is 24.4. The Labute approximate surface area is 206 Å². The molecule has 0 bridgehead atoms. The van der Waals surface area contributed by atoms with Gasteiger partial charge in [0, 0.05) is 36.9 Å². The summed E-state index contributed by atoms with van der Waals surface area (Å²) in [4.78, 5) is 31.5. The van der Waals surface area contributed by atoms with Crippen molar-refractivity contribution in [1.82, 2.24) is 9.88 Å². The van der Waals surface area contributed by atoms with Crippen molar-refractivity contribution in [2.45, 2.75) is 19.0 Å². The molecule has 2 heterocycles. The van der Waals surface area contributed by atoms with Gasteiger partial charge in [0.2, 0.25) is 0 Å². The molecule has 1 fully saturated rings. The van der Waals surface area contributed by atoms with Gasteiger partial charge in [0.25, 0.3) is 11.8 Å². The van der Waals surface area contributed by atoms with Crippen molar-refractivity contribution in [3.05, 3.63) is 83.6 Å². The van der Waals surface area contributed by atoms with E-state index in [4.69, 9.17) is 11.5 Å². The van der Waals surface area contributed by atoms with Crippen LogP contribution >= 0.6 is 11.3 Å². The molecule has 1 unspecified atom stereocenters. The molecule has 1 aromatic heterocycles. The molecule has 0 radical (unpaired) electrons. The van der Waals surface area contributed by atoms with Crippen LogP contribution in [0.3, 0.4) is 0 Å². The Balaban J connectivity index is 1.29. The van der Waals surface area contributed by atoms with Crippen molar-refractivity contribution in [1.29, 1.82) is 0 Å². The van der Waals surface area contributed by atoms with E-state index >= 15 is 0 Å². The normalized spacial score (nSPS) is 15.9. The van der Waals surface area contributed by atoms with Gasteiger partial charge < -0.3 is 22.1 Å². The summed E-state index contributed by atoms with van der Waals surface area (Å²) in [5.41, 5.74) is 14.0. The summed E-state index contributed by atoms with van der Waals surface area (Å²) < 4.78 is 0. The lowest BCUT2D eigenvalue weighted by atomic mass is 10.1. The van der Waals surface area contributed by atoms with Crippen LogP contribution in [0.2, 0.25) is 0 Å². The van der Waals surface area contributed by atoms with E-state index in [0.29, 0.717) is 15.7 Å². The number of anilines is 3. The lowest BCUT2D eigenvalue weighted by Crippen LogP contribution is -2.26. The Bertz CT molecular complexity index is 1380. The van der Waals surface area contributed by atoms with Gasteiger partial charge in [-0.05, 0) is 47.0 Å². The van der Waals surface area contributed by atoms with Crippen LogP contribution in [0.15, 0.2) is 66.7 Å². The van der Waals surface area contributed by atoms with Crippen LogP contribution in [0.4, 0.5) is 15.8 Å². The molecule has 8 nitrogen and oxygen atoms in total. The second-order valence-corrected chi connectivity index (χ2v) is 9.68. The second-order valence-electron chi connectivity index (χ2n) is 8.68. The lowest BCUT2D eigenvalue weighted by Gasteiger charge is -2.15. The van der Waals surface area contributed by atoms with E-state index in [1.54, 1.807) is 12.1 Å². The fraction of sp³-hybridized carbons (Fsp3) is 0.192. The maximum atomic E-state index is 12.9. The number of nitrogens with two attached hydrogens (primary N) is 2. The molecule has 35 heavy (non-hydrogen) atoms. The molecule has 3 aromatic carbocycles. The maximum Gasteiger partial charge on any atom is 0.270 e. The largest absolute Gasteiger partial charge is 0.364 e. The highest BCUT2D eigenvalue weighted by Gasteiger charge is 2.20. The third-order valence-electron chi connectivity index (χ3n) is 6.02. The lowest BCUT2D eigenvalue weighted by molar-refractivity contribution is 0.0997. The van der Waals surface area contributed by atoms with Gasteiger partial charge in [-0.1, -0.05) is 53.8 Å². The molecule has 178 valence electrons. The number of benzene rings is 3. The van der Waals surface area contributed by atoms with Gasteiger partial charge in [-0.25, -0.2) is 4.98 Å². The van der Waals surface area contributed by atoms with Crippen molar-refractivity contribution in [3.63, 3.8) is 0 Å². The minimum Gasteiger partial charge on any atom is -0.364 e. The molecule has 0 saturated carbocycles. The summed E-state index contributed by atoms with van der Waals surface area (Å²) in [7, 11) is 0. The Morgan fingerprint density at radius 1 is 1.06 bits per heavy atom. The van der Waals surface area contributed by atoms with Crippen LogP contribution in [0.5, 0.6) is 0 Å². The summed E-state index contributed by atoms with van der Waals surface area (Å²) in [6.45, 7) is 2.68. The number of nitrogens with zero attached hydrogens (tertiary/aromatic N) is 2. The quantitative estimate of drug-likeness (QED) is 0.314. The van der Waals surface area contributed by atoms with E-state index in [1.165, 1.54) is 0 Å². The highest BCUT2D eigenvalue weighted by atomic mass is 32.1. The van der Waals surface area contributed by atoms with Crippen LogP contribution in [-0.4, -0.2) is 40.8 Å². The highest BCUT2D eigenvalue weighted by Crippen LogP contribution is 2.32. The monoisotopic (exact) mass is 486 g/mol. The predicted octanol–water partition coefficient (Wildman–Crippen LogP) is 3.92. The molecule has 1 aliphatic rings. The number of thiazole rings is 1. The number of nitrogens with one attached hydrogen (secondary N) is 2. The molecule has 0 aliphatic carbocycles. The Morgan fingerprint density at radius 3 is 2.54 bits per heavy atom. The van der Waals surface area contributed by atoms with Crippen molar-refractivity contribution in [3.8, 4) is 0 Å². The van der Waals surface area contributed by atoms with E-state index < -0.39 is 5.91 Å². The zero-order valence-electron chi connectivity index (χ0n) is 19.0. The summed E-state index contributed by atoms with van der Waals surface area (Å²) in [6.07, 6.45) is 1.01. The number of carbonyl (C=O) groups excluding carboxylic acids is 2. The standard InChI is InChI=1S/C26H26N6O2S/c27-20-11-12-32(15-20)14-16-5-7-18(8-6-16)24(34)31-25-22(23(28)33)30-26(35-25)29-21-10-9-17-3-1-2-4-19(17)13-21/h1-10,13,20H,11-12,14-15,27H2,(H2,28,33)(H,29,30)(H,31,34). The minimum atomic E-state index is -0.706. The summed E-state index contributed by atoms with van der Waals surface area (Å²) in [6, 6.07) is 21.6. The van der Waals surface area contributed by atoms with Gasteiger partial charge in [0.15, 0.2) is 10.8 Å². The van der Waals surface area contributed by atoms with E-state index in [-0.39, 0.29) is 17.6 Å². The third-order valence-corrected chi connectivity index (χ3v) is 6.91. The number of rotatable bonds is 7. The van der Waals surface area contributed by atoms with Gasteiger partial charge in [-0.2, -0.15) is 0 Å². The number of likely N-dealkylation sites (tertiary alicyclic amines) is 1. The summed E-state index contributed by atoms with van der Waals surface area (Å²) in [5.74, 6) is -1.04. The Hall–Kier alpha value is -3.79. The molecular weight excluding hydrogens is 460 g/mol. The van der Waals surface area contributed by atoms with Crippen molar-refractivity contribution in [2.75, 3.05) is 23.7 Å². The van der Waals surface area contributed by atoms with Gasteiger partial charge in [-0.15, -0.1) is 0 Å². The smallest absolute Gasteiger partial charge is 0.270 e. The van der Waals surface area contributed by atoms with E-state index in [0.717, 1.165) is 59.4 Å².